The van der Waals surface area contributed by atoms with E-state index in [1.807, 2.05) is 6.92 Å². The Morgan fingerprint density at radius 3 is 3.11 bits per heavy atom. The van der Waals surface area contributed by atoms with Gasteiger partial charge in [0.2, 0.25) is 0 Å². The van der Waals surface area contributed by atoms with Gasteiger partial charge < -0.3 is 15.2 Å². The van der Waals surface area contributed by atoms with Crippen molar-refractivity contribution in [3.63, 3.8) is 0 Å². The summed E-state index contributed by atoms with van der Waals surface area (Å²) >= 11 is 0. The zero-order valence-electron chi connectivity index (χ0n) is 10.9. The molecule has 0 radical (unpaired) electrons. The summed E-state index contributed by atoms with van der Waals surface area (Å²) in [5.74, 6) is 0. The Morgan fingerprint density at radius 1 is 1.56 bits per heavy atom. The lowest BCUT2D eigenvalue weighted by Crippen LogP contribution is -2.41. The van der Waals surface area contributed by atoms with Gasteiger partial charge in [-0.1, -0.05) is 0 Å². The van der Waals surface area contributed by atoms with Crippen LogP contribution in [0, 0.1) is 6.92 Å². The maximum Gasteiger partial charge on any atom is 0.0957 e. The summed E-state index contributed by atoms with van der Waals surface area (Å²) < 4.78 is 13.5. The highest BCUT2D eigenvalue weighted by atomic mass is 16.6. The van der Waals surface area contributed by atoms with E-state index in [1.165, 1.54) is 0 Å². The number of nitrogens with two attached hydrogens (primary N) is 1. The highest BCUT2D eigenvalue weighted by Crippen LogP contribution is 2.37. The number of hydrogen-bond acceptors (Lipinski definition) is 4. The number of rotatable bonds is 2. The number of aromatic nitrogens is 2. The molecule has 2 saturated heterocycles. The van der Waals surface area contributed by atoms with Crippen LogP contribution in [0.4, 0.5) is 0 Å². The van der Waals surface area contributed by atoms with Gasteiger partial charge in [0.1, 0.15) is 0 Å². The summed E-state index contributed by atoms with van der Waals surface area (Å²) in [5, 5.41) is 4.60. The molecule has 1 spiro atoms. The zero-order valence-corrected chi connectivity index (χ0v) is 10.9. The summed E-state index contributed by atoms with van der Waals surface area (Å²) in [4.78, 5) is 0. The van der Waals surface area contributed by atoms with E-state index in [4.69, 9.17) is 15.2 Å². The highest BCUT2D eigenvalue weighted by Gasteiger charge is 2.41. The van der Waals surface area contributed by atoms with E-state index in [-0.39, 0.29) is 5.60 Å². The zero-order chi connectivity index (χ0) is 12.6. The van der Waals surface area contributed by atoms with E-state index in [9.17, 15) is 0 Å². The van der Waals surface area contributed by atoms with Crippen molar-refractivity contribution in [3.05, 3.63) is 17.5 Å². The molecule has 3 rings (SSSR count). The second-order valence-corrected chi connectivity index (χ2v) is 5.40. The molecule has 0 saturated carbocycles. The molecule has 2 fully saturated rings. The van der Waals surface area contributed by atoms with Gasteiger partial charge in [0.05, 0.1) is 23.9 Å². The van der Waals surface area contributed by atoms with Gasteiger partial charge in [-0.3, -0.25) is 4.68 Å². The standard InChI is InChI=1S/C13H21N3O2/c1-10-11(7-14)8-16(15-10)12-2-4-18-13(6-12)3-5-17-9-13/h8,12H,2-7,9,14H2,1H3. The highest BCUT2D eigenvalue weighted by molar-refractivity contribution is 5.15. The molecule has 100 valence electrons. The van der Waals surface area contributed by atoms with Crippen LogP contribution in [0.15, 0.2) is 6.20 Å². The van der Waals surface area contributed by atoms with E-state index < -0.39 is 0 Å². The number of aryl methyl sites for hydroxylation is 1. The molecule has 0 bridgehead atoms. The third-order valence-electron chi connectivity index (χ3n) is 4.15. The lowest BCUT2D eigenvalue weighted by atomic mass is 9.90. The fourth-order valence-corrected chi connectivity index (χ4v) is 3.00. The predicted octanol–water partition coefficient (Wildman–Crippen LogP) is 1.16. The Balaban J connectivity index is 1.78. The molecule has 2 N–H and O–H groups in total. The first-order valence-corrected chi connectivity index (χ1v) is 6.69. The number of nitrogens with zero attached hydrogens (tertiary/aromatic N) is 2. The van der Waals surface area contributed by atoms with Gasteiger partial charge in [0.15, 0.2) is 0 Å². The predicted molar refractivity (Wildman–Crippen MR) is 67.2 cm³/mol. The molecule has 2 aliphatic rings. The minimum absolute atomic E-state index is 0.0638. The van der Waals surface area contributed by atoms with E-state index >= 15 is 0 Å². The largest absolute Gasteiger partial charge is 0.378 e. The molecule has 2 aliphatic heterocycles. The Labute approximate surface area is 107 Å². The molecule has 18 heavy (non-hydrogen) atoms. The molecule has 5 heteroatoms. The van der Waals surface area contributed by atoms with Crippen molar-refractivity contribution in [2.24, 2.45) is 5.73 Å². The van der Waals surface area contributed by atoms with Crippen LogP contribution < -0.4 is 5.73 Å². The maximum absolute atomic E-state index is 5.95. The summed E-state index contributed by atoms with van der Waals surface area (Å²) in [6.07, 6.45) is 5.12. The first-order chi connectivity index (χ1) is 8.72. The monoisotopic (exact) mass is 251 g/mol. The van der Waals surface area contributed by atoms with Gasteiger partial charge in [0.25, 0.3) is 0 Å². The van der Waals surface area contributed by atoms with E-state index in [1.54, 1.807) is 0 Å². The molecule has 3 heterocycles. The molecule has 0 amide bonds. The van der Waals surface area contributed by atoms with E-state index in [0.717, 1.165) is 50.3 Å². The summed E-state index contributed by atoms with van der Waals surface area (Å²) in [6, 6.07) is 0.416. The third kappa shape index (κ3) is 2.06. The molecule has 1 aromatic rings. The number of hydrogen-bond donors (Lipinski definition) is 1. The van der Waals surface area contributed by atoms with Gasteiger partial charge >= 0.3 is 0 Å². The maximum atomic E-state index is 5.95. The van der Waals surface area contributed by atoms with Crippen molar-refractivity contribution < 1.29 is 9.47 Å². The Kier molecular flexibility index (Phi) is 3.13. The second-order valence-electron chi connectivity index (χ2n) is 5.40. The van der Waals surface area contributed by atoms with E-state index in [2.05, 4.69) is 16.0 Å². The molecule has 2 atom stereocenters. The van der Waals surface area contributed by atoms with Crippen LogP contribution in [0.5, 0.6) is 0 Å². The normalized spacial score (nSPS) is 32.2. The molecule has 0 aromatic carbocycles. The Bertz CT molecular complexity index is 424. The summed E-state index contributed by atoms with van der Waals surface area (Å²) in [6.45, 7) is 4.92. The SMILES string of the molecule is Cc1nn(C2CCOC3(CCOC3)C2)cc1CN. The van der Waals surface area contributed by atoms with Crippen molar-refractivity contribution >= 4 is 0 Å². The second kappa shape index (κ2) is 4.64. The van der Waals surface area contributed by atoms with Crippen molar-refractivity contribution in [1.29, 1.82) is 0 Å². The molecule has 5 nitrogen and oxygen atoms in total. The third-order valence-corrected chi connectivity index (χ3v) is 4.15. The average Bonchev–Trinajstić information content (AvgIpc) is 2.97. The first kappa shape index (κ1) is 12.1. The summed E-state index contributed by atoms with van der Waals surface area (Å²) in [7, 11) is 0. The van der Waals surface area contributed by atoms with Crippen molar-refractivity contribution in [1.82, 2.24) is 9.78 Å². The summed E-state index contributed by atoms with van der Waals surface area (Å²) in [5.41, 5.74) is 7.83. The fourth-order valence-electron chi connectivity index (χ4n) is 3.00. The van der Waals surface area contributed by atoms with Crippen LogP contribution >= 0.6 is 0 Å². The van der Waals surface area contributed by atoms with Gasteiger partial charge in [0, 0.05) is 44.4 Å². The molecular weight excluding hydrogens is 230 g/mol. The smallest absolute Gasteiger partial charge is 0.0957 e. The van der Waals surface area contributed by atoms with Crippen LogP contribution in [0.2, 0.25) is 0 Å². The minimum Gasteiger partial charge on any atom is -0.378 e. The fraction of sp³-hybridized carbons (Fsp3) is 0.769. The van der Waals surface area contributed by atoms with Crippen LogP contribution in [-0.4, -0.2) is 35.2 Å². The van der Waals surface area contributed by atoms with Crippen LogP contribution in [0.25, 0.3) is 0 Å². The Hall–Kier alpha value is -0.910. The van der Waals surface area contributed by atoms with Crippen molar-refractivity contribution in [2.45, 2.75) is 44.4 Å². The quantitative estimate of drug-likeness (QED) is 0.856. The average molecular weight is 251 g/mol. The molecular formula is C13H21N3O2. The van der Waals surface area contributed by atoms with Crippen LogP contribution in [-0.2, 0) is 16.0 Å². The number of ether oxygens (including phenoxy) is 2. The van der Waals surface area contributed by atoms with E-state index in [0.29, 0.717) is 12.6 Å². The van der Waals surface area contributed by atoms with Gasteiger partial charge in [-0.05, 0) is 13.3 Å². The molecule has 1 aromatic heterocycles. The van der Waals surface area contributed by atoms with Gasteiger partial charge in [-0.25, -0.2) is 0 Å². The molecule has 2 unspecified atom stereocenters. The van der Waals surface area contributed by atoms with Crippen LogP contribution in [0.3, 0.4) is 0 Å². The topological polar surface area (TPSA) is 62.3 Å². The van der Waals surface area contributed by atoms with Crippen molar-refractivity contribution in [2.75, 3.05) is 19.8 Å². The van der Waals surface area contributed by atoms with Crippen LogP contribution in [0.1, 0.15) is 36.6 Å². The van der Waals surface area contributed by atoms with Gasteiger partial charge in [-0.2, -0.15) is 5.10 Å². The molecule has 0 aliphatic carbocycles. The minimum atomic E-state index is -0.0638. The lowest BCUT2D eigenvalue weighted by Gasteiger charge is -2.37. The Morgan fingerprint density at radius 2 is 2.44 bits per heavy atom. The lowest BCUT2D eigenvalue weighted by molar-refractivity contribution is -0.0962. The van der Waals surface area contributed by atoms with Crippen molar-refractivity contribution in [3.8, 4) is 0 Å². The van der Waals surface area contributed by atoms with Gasteiger partial charge in [-0.15, -0.1) is 0 Å². The first-order valence-electron chi connectivity index (χ1n) is 6.69.